The Hall–Kier alpha value is -3.65. The third-order valence-corrected chi connectivity index (χ3v) is 7.15. The Morgan fingerprint density at radius 2 is 1.83 bits per heavy atom. The number of rotatable bonds is 8. The third-order valence-electron chi connectivity index (χ3n) is 5.62. The molecule has 0 radical (unpaired) electrons. The summed E-state index contributed by atoms with van der Waals surface area (Å²) in [6, 6.07) is 2.33. The van der Waals surface area contributed by atoms with E-state index in [0.717, 1.165) is 18.7 Å². The van der Waals surface area contributed by atoms with Gasteiger partial charge in [0.05, 0.1) is 16.5 Å². The highest BCUT2D eigenvalue weighted by Crippen LogP contribution is 2.57. The maximum absolute atomic E-state index is 13.0. The van der Waals surface area contributed by atoms with Crippen molar-refractivity contribution in [2.24, 2.45) is 5.73 Å². The quantitative estimate of drug-likeness (QED) is 0.140. The van der Waals surface area contributed by atoms with Gasteiger partial charge in [-0.25, -0.2) is 9.80 Å². The van der Waals surface area contributed by atoms with Crippen molar-refractivity contribution in [1.82, 2.24) is 15.3 Å². The molecule has 1 unspecified atom stereocenters. The number of nitrogens with zero attached hydrogens (tertiary/aromatic N) is 2. The SMILES string of the molecule is CC(=O)Oc1ccc(C(N)C(=O)NN(C=O)[C@@]2(C(=O)O)N3C(=O)C[C@H]3SC2(C)C)cc1OC(C)=O. The molecule has 13 nitrogen and oxygen atoms in total. The molecule has 35 heavy (non-hydrogen) atoms. The first kappa shape index (κ1) is 26.0. The monoisotopic (exact) mass is 508 g/mol. The topological polar surface area (TPSA) is 186 Å². The summed E-state index contributed by atoms with van der Waals surface area (Å²) in [5, 5.41) is 10.2. The summed E-state index contributed by atoms with van der Waals surface area (Å²) >= 11 is 1.20. The van der Waals surface area contributed by atoms with Gasteiger partial charge in [-0.1, -0.05) is 6.07 Å². The summed E-state index contributed by atoms with van der Waals surface area (Å²) < 4.78 is 8.81. The first-order chi connectivity index (χ1) is 16.3. The molecule has 2 fully saturated rings. The molecular weight excluding hydrogens is 484 g/mol. The number of carbonyl (C=O) groups excluding carboxylic acids is 5. The van der Waals surface area contributed by atoms with E-state index in [1.807, 2.05) is 0 Å². The van der Waals surface area contributed by atoms with E-state index >= 15 is 0 Å². The van der Waals surface area contributed by atoms with Crippen molar-refractivity contribution >= 4 is 47.9 Å². The number of hydrazine groups is 1. The molecule has 2 saturated heterocycles. The van der Waals surface area contributed by atoms with Crippen LogP contribution in [0.5, 0.6) is 11.5 Å². The molecule has 3 amide bonds. The molecule has 0 aliphatic carbocycles. The van der Waals surface area contributed by atoms with Gasteiger partial charge >= 0.3 is 17.9 Å². The zero-order valence-corrected chi connectivity index (χ0v) is 20.1. The van der Waals surface area contributed by atoms with Crippen LogP contribution in [0.15, 0.2) is 18.2 Å². The van der Waals surface area contributed by atoms with Crippen LogP contribution in [0.25, 0.3) is 0 Å². The number of carboxylic acids is 1. The van der Waals surface area contributed by atoms with Gasteiger partial charge in [0.25, 0.3) is 11.6 Å². The minimum absolute atomic E-state index is 0.0875. The predicted octanol–water partition coefficient (Wildman–Crippen LogP) is -0.109. The van der Waals surface area contributed by atoms with E-state index in [1.165, 1.54) is 30.0 Å². The molecule has 0 saturated carbocycles. The first-order valence-electron chi connectivity index (χ1n) is 10.3. The number of carbonyl (C=O) groups is 6. The Balaban J connectivity index is 1.92. The molecule has 14 heteroatoms. The highest BCUT2D eigenvalue weighted by molar-refractivity contribution is 8.01. The molecule has 2 heterocycles. The minimum atomic E-state index is -2.20. The van der Waals surface area contributed by atoms with Crippen molar-refractivity contribution in [3.05, 3.63) is 23.8 Å². The van der Waals surface area contributed by atoms with Gasteiger partial charge in [0.15, 0.2) is 11.5 Å². The highest BCUT2D eigenvalue weighted by Gasteiger charge is 2.73. The van der Waals surface area contributed by atoms with Crippen molar-refractivity contribution in [2.75, 3.05) is 0 Å². The van der Waals surface area contributed by atoms with Gasteiger partial charge in [-0.3, -0.25) is 34.3 Å². The third kappa shape index (κ3) is 4.30. The molecule has 2 aliphatic rings. The second-order valence-corrected chi connectivity index (χ2v) is 10.2. The molecule has 3 atom stereocenters. The number of hydrogen-bond donors (Lipinski definition) is 3. The van der Waals surface area contributed by atoms with Gasteiger partial charge in [-0.15, -0.1) is 11.8 Å². The first-order valence-corrected chi connectivity index (χ1v) is 11.2. The van der Waals surface area contributed by atoms with Crippen LogP contribution in [-0.4, -0.2) is 66.9 Å². The number of nitrogens with two attached hydrogens (primary N) is 1. The van der Waals surface area contributed by atoms with Gasteiger partial charge in [0, 0.05) is 13.8 Å². The van der Waals surface area contributed by atoms with Gasteiger partial charge in [-0.05, 0) is 31.5 Å². The van der Waals surface area contributed by atoms with E-state index in [0.29, 0.717) is 5.01 Å². The maximum atomic E-state index is 13.0. The molecule has 1 aromatic carbocycles. The van der Waals surface area contributed by atoms with Gasteiger partial charge in [0.2, 0.25) is 12.3 Å². The standard InChI is InChI=1S/C21H24N4O9S/c1-10(27)33-13-6-5-12(7-14(13)34-11(2)28)17(22)18(30)23-24(9-26)21(19(31)32)20(3,4)35-16-8-15(29)25(16)21/h5-7,9,16-17H,8,22H2,1-4H3,(H,23,30)(H,31,32)/t16-,17?,21+/m1/s1. The van der Waals surface area contributed by atoms with E-state index in [9.17, 15) is 33.9 Å². The Kier molecular flexibility index (Phi) is 6.81. The summed E-state index contributed by atoms with van der Waals surface area (Å²) in [5.74, 6) is -4.63. The number of esters is 2. The molecule has 0 aromatic heterocycles. The molecule has 0 bridgehead atoms. The van der Waals surface area contributed by atoms with Gasteiger partial charge in [0.1, 0.15) is 6.04 Å². The van der Waals surface area contributed by atoms with Crippen LogP contribution in [0.3, 0.4) is 0 Å². The number of aliphatic carboxylic acids is 1. The van der Waals surface area contributed by atoms with E-state index in [-0.39, 0.29) is 29.9 Å². The molecule has 2 aliphatic heterocycles. The second kappa shape index (κ2) is 9.19. The normalized spacial score (nSPS) is 22.8. The molecular formula is C21H24N4O9S. The molecule has 188 valence electrons. The Bertz CT molecular complexity index is 1120. The van der Waals surface area contributed by atoms with Crippen LogP contribution < -0.4 is 20.6 Å². The maximum Gasteiger partial charge on any atom is 0.354 e. The van der Waals surface area contributed by atoms with Gasteiger partial charge < -0.3 is 20.3 Å². The summed E-state index contributed by atoms with van der Waals surface area (Å²) in [6.07, 6.45) is 0.222. The molecule has 4 N–H and O–H groups in total. The zero-order valence-electron chi connectivity index (χ0n) is 19.3. The number of amides is 3. The minimum Gasteiger partial charge on any atom is -0.478 e. The number of carboxylic acid groups (broad SMARTS) is 1. The number of nitrogens with one attached hydrogen (secondary N) is 1. The number of ether oxygens (including phenoxy) is 2. The fourth-order valence-electron chi connectivity index (χ4n) is 4.17. The van der Waals surface area contributed by atoms with E-state index in [1.54, 1.807) is 13.8 Å². The van der Waals surface area contributed by atoms with E-state index < -0.39 is 51.5 Å². The number of thioether (sulfide) groups is 1. The lowest BCUT2D eigenvalue weighted by molar-refractivity contribution is -0.193. The lowest BCUT2D eigenvalue weighted by atomic mass is 9.89. The van der Waals surface area contributed by atoms with E-state index in [4.69, 9.17) is 15.2 Å². The van der Waals surface area contributed by atoms with Crippen LogP contribution in [0.1, 0.15) is 45.7 Å². The second-order valence-electron chi connectivity index (χ2n) is 8.35. The summed E-state index contributed by atoms with van der Waals surface area (Å²) in [5.41, 5.74) is 6.16. The lowest BCUT2D eigenvalue weighted by Crippen LogP contribution is -2.77. The fraction of sp³-hybridized carbons (Fsp3) is 0.429. The summed E-state index contributed by atoms with van der Waals surface area (Å²) in [6.45, 7) is 5.38. The van der Waals surface area contributed by atoms with Crippen LogP contribution in [0.2, 0.25) is 0 Å². The summed E-state index contributed by atoms with van der Waals surface area (Å²) in [4.78, 5) is 73.6. The fourth-order valence-corrected chi connectivity index (χ4v) is 5.90. The van der Waals surface area contributed by atoms with Crippen LogP contribution in [-0.2, 0) is 28.8 Å². The average Bonchev–Trinajstić information content (AvgIpc) is 2.94. The lowest BCUT2D eigenvalue weighted by Gasteiger charge is -2.50. The van der Waals surface area contributed by atoms with E-state index in [2.05, 4.69) is 5.43 Å². The number of hydrogen-bond acceptors (Lipinski definition) is 10. The number of benzene rings is 1. The van der Waals surface area contributed by atoms with Crippen molar-refractivity contribution < 1.29 is 43.3 Å². The zero-order chi connectivity index (χ0) is 26.3. The average molecular weight is 509 g/mol. The van der Waals surface area contributed by atoms with Crippen molar-refractivity contribution in [2.45, 2.75) is 55.9 Å². The smallest absolute Gasteiger partial charge is 0.354 e. The van der Waals surface area contributed by atoms with Gasteiger partial charge in [-0.2, -0.15) is 0 Å². The number of β-lactam (4-membered cyclic amide) rings is 1. The number of fused-ring (bicyclic) bond motifs is 1. The summed E-state index contributed by atoms with van der Waals surface area (Å²) in [7, 11) is 0. The molecule has 3 rings (SSSR count). The largest absolute Gasteiger partial charge is 0.478 e. The Labute approximate surface area is 203 Å². The van der Waals surface area contributed by atoms with Crippen LogP contribution >= 0.6 is 11.8 Å². The van der Waals surface area contributed by atoms with Crippen LogP contribution in [0.4, 0.5) is 0 Å². The molecule has 1 aromatic rings. The van der Waals surface area contributed by atoms with Crippen molar-refractivity contribution in [1.29, 1.82) is 0 Å². The van der Waals surface area contributed by atoms with Crippen LogP contribution in [0, 0.1) is 0 Å². The predicted molar refractivity (Wildman–Crippen MR) is 119 cm³/mol. The van der Waals surface area contributed by atoms with Crippen molar-refractivity contribution in [3.63, 3.8) is 0 Å². The molecule has 0 spiro atoms. The highest BCUT2D eigenvalue weighted by atomic mass is 32.2. The Morgan fingerprint density at radius 1 is 1.23 bits per heavy atom. The van der Waals surface area contributed by atoms with Crippen molar-refractivity contribution in [3.8, 4) is 11.5 Å². The Morgan fingerprint density at radius 3 is 2.34 bits per heavy atom.